The molecule has 0 spiro atoms. The fourth-order valence-electron chi connectivity index (χ4n) is 7.69. The van der Waals surface area contributed by atoms with E-state index < -0.39 is 102 Å². The average Bonchev–Trinajstić information content (AvgIpc) is 3.95. The van der Waals surface area contributed by atoms with Crippen molar-refractivity contribution in [2.45, 2.75) is 105 Å². The van der Waals surface area contributed by atoms with Crippen molar-refractivity contribution in [2.24, 2.45) is 0 Å². The summed E-state index contributed by atoms with van der Waals surface area (Å²) in [4.78, 5) is 9.86. The SMILES string of the molecule is [2H]c1nc(-c2cc(-c3cccc4c3nc(-c3cc(C(C)(C)C)cc(C(C)(C)C)c3O)n4-c3ccc(C(C([2H])([2H])[2H])(C([2H])([2H])[2H])C([2H])([2H])[2H])cc3-c3ccccc3)cc(C(C)(C)C)c2)c([2H])c(-c2c([2H])c([2H])c([2H])c([2H])c2[2H])c1[2H]. The van der Waals surface area contributed by atoms with Crippen LogP contribution in [0.3, 0.4) is 0 Å². The number of hydrogen-bond acceptors (Lipinski definition) is 3. The van der Waals surface area contributed by atoms with Gasteiger partial charge in [0.05, 0.1) is 38.9 Å². The Morgan fingerprint density at radius 2 is 1.23 bits per heavy atom. The van der Waals surface area contributed by atoms with Crippen LogP contribution >= 0.6 is 0 Å². The topological polar surface area (TPSA) is 50.9 Å². The summed E-state index contributed by atoms with van der Waals surface area (Å²) in [6, 6.07) is 23.1. The third-order valence-electron chi connectivity index (χ3n) is 11.2. The monoisotopic (exact) mass is 833 g/mol. The summed E-state index contributed by atoms with van der Waals surface area (Å²) in [5.41, 5.74) is -0.567. The van der Waals surface area contributed by atoms with Crippen molar-refractivity contribution >= 4 is 11.0 Å². The van der Waals surface area contributed by atoms with Gasteiger partial charge in [0.1, 0.15) is 11.6 Å². The van der Waals surface area contributed by atoms with Crippen LogP contribution in [-0.4, -0.2) is 19.6 Å². The largest absolute Gasteiger partial charge is 0.507 e. The zero-order valence-corrected chi connectivity index (χ0v) is 36.5. The van der Waals surface area contributed by atoms with Gasteiger partial charge in [-0.15, -0.1) is 0 Å². The van der Waals surface area contributed by atoms with Gasteiger partial charge in [-0.3, -0.25) is 9.55 Å². The van der Waals surface area contributed by atoms with Gasteiger partial charge in [-0.2, -0.15) is 0 Å². The molecule has 8 rings (SSSR count). The van der Waals surface area contributed by atoms with E-state index in [4.69, 9.17) is 26.9 Å². The molecule has 4 heteroatoms. The molecule has 62 heavy (non-hydrogen) atoms. The first-order valence-corrected chi connectivity index (χ1v) is 20.6. The van der Waals surface area contributed by atoms with Crippen LogP contribution in [0, 0.1) is 0 Å². The number of nitrogens with zero attached hydrogens (tertiary/aromatic N) is 3. The lowest BCUT2D eigenvalue weighted by Gasteiger charge is -2.28. The van der Waals surface area contributed by atoms with Crippen LogP contribution in [0.15, 0.2) is 146 Å². The Balaban J connectivity index is 1.54. The van der Waals surface area contributed by atoms with E-state index in [2.05, 4.69) is 4.98 Å². The zero-order chi connectivity index (χ0) is 58.8. The van der Waals surface area contributed by atoms with Gasteiger partial charge < -0.3 is 5.11 Å². The molecular weight excluding hydrogens is 755 g/mol. The van der Waals surface area contributed by atoms with Gasteiger partial charge in [-0.05, 0) is 109 Å². The maximum atomic E-state index is 12.6. The molecule has 2 aromatic heterocycles. The molecule has 0 aliphatic carbocycles. The first kappa shape index (κ1) is 26.3. The molecule has 0 aliphatic heterocycles. The molecule has 4 nitrogen and oxygen atoms in total. The zero-order valence-electron chi connectivity index (χ0n) is 53.5. The lowest BCUT2D eigenvalue weighted by molar-refractivity contribution is 0.446. The molecule has 0 fully saturated rings. The van der Waals surface area contributed by atoms with Crippen molar-refractivity contribution in [3.05, 3.63) is 168 Å². The van der Waals surface area contributed by atoms with Gasteiger partial charge in [-0.25, -0.2) is 4.98 Å². The molecule has 0 saturated heterocycles. The van der Waals surface area contributed by atoms with E-state index >= 15 is 0 Å². The molecule has 2 heterocycles. The van der Waals surface area contributed by atoms with Gasteiger partial charge in [0.25, 0.3) is 0 Å². The molecule has 8 aromatic rings. The molecular formula is C58H61N3O. The Bertz CT molecular complexity index is 3680. The molecule has 0 bridgehead atoms. The minimum atomic E-state index is -3.56. The molecule has 0 saturated carbocycles. The van der Waals surface area contributed by atoms with Crippen molar-refractivity contribution in [2.75, 3.05) is 0 Å². The van der Waals surface area contributed by atoms with Crippen LogP contribution in [0.25, 0.3) is 72.7 Å². The Kier molecular flexibility index (Phi) is 6.60. The average molecular weight is 833 g/mol. The van der Waals surface area contributed by atoms with Gasteiger partial charge >= 0.3 is 0 Å². The molecule has 0 aliphatic rings. The number of pyridine rings is 1. The molecule has 0 amide bonds. The number of para-hydroxylation sites is 1. The molecule has 0 unspecified atom stereocenters. The number of phenols is 1. The number of rotatable bonds is 6. The van der Waals surface area contributed by atoms with Gasteiger partial charge in [0.2, 0.25) is 0 Å². The van der Waals surface area contributed by atoms with Gasteiger partial charge in [-0.1, -0.05) is 174 Å². The minimum Gasteiger partial charge on any atom is -0.507 e. The van der Waals surface area contributed by atoms with Gasteiger partial charge in [0.15, 0.2) is 0 Å². The van der Waals surface area contributed by atoms with Gasteiger partial charge in [0, 0.05) is 40.8 Å². The summed E-state index contributed by atoms with van der Waals surface area (Å²) in [5.74, 6) is 0.137. The fraction of sp³-hybridized carbons (Fsp3) is 0.276. The van der Waals surface area contributed by atoms with Crippen LogP contribution in [0.5, 0.6) is 5.75 Å². The van der Waals surface area contributed by atoms with Crippen LogP contribution in [0.1, 0.15) is 128 Å². The lowest BCUT2D eigenvalue weighted by atomic mass is 9.79. The second-order valence-electron chi connectivity index (χ2n) is 19.0. The number of imidazole rings is 1. The number of aromatic nitrogens is 3. The molecule has 0 atom stereocenters. The van der Waals surface area contributed by atoms with Crippen LogP contribution in [0.2, 0.25) is 0 Å². The number of benzene rings is 6. The van der Waals surface area contributed by atoms with Crippen molar-refractivity contribution in [1.29, 1.82) is 0 Å². The first-order chi connectivity index (χ1) is 36.2. The van der Waals surface area contributed by atoms with Crippen LogP contribution in [0.4, 0.5) is 0 Å². The summed E-state index contributed by atoms with van der Waals surface area (Å²) in [6.07, 6.45) is -0.595. The molecule has 314 valence electrons. The lowest BCUT2D eigenvalue weighted by Crippen LogP contribution is -2.17. The fourth-order valence-corrected chi connectivity index (χ4v) is 7.69. The summed E-state index contributed by atoms with van der Waals surface area (Å²) < 4.78 is 149. The smallest absolute Gasteiger partial charge is 0.149 e. The maximum absolute atomic E-state index is 12.6. The Morgan fingerprint density at radius 1 is 0.548 bits per heavy atom. The Morgan fingerprint density at radius 3 is 1.90 bits per heavy atom. The highest BCUT2D eigenvalue weighted by molar-refractivity contribution is 5.98. The standard InChI is InChI=1S/C58H61N3O/c1-55(2,3)42-26-27-50(46(34-42)38-22-17-14-18-23-38)61-51-25-19-24-45(52(51)60-54(61)47-35-44(57(7,8)9)36-48(53(47)62)58(10,11)12)40-30-41(32-43(31-40)56(4,5)6)49-33-39(28-29-59-49)37-20-15-13-16-21-37/h13-36,62H,1-12H3/i1D3,2D3,3D3,13D,15D,16D,20D,21D,28D,29D,33D. The van der Waals surface area contributed by atoms with E-state index in [0.717, 1.165) is 11.1 Å². The second-order valence-corrected chi connectivity index (χ2v) is 19.0. The van der Waals surface area contributed by atoms with E-state index in [1.54, 1.807) is 59.2 Å². The quantitative estimate of drug-likeness (QED) is 0.182. The second kappa shape index (κ2) is 15.6. The van der Waals surface area contributed by atoms with Crippen LogP contribution < -0.4 is 0 Å². The third kappa shape index (κ3) is 8.23. The molecule has 1 N–H and O–H groups in total. The van der Waals surface area contributed by atoms with Crippen molar-refractivity contribution in [1.82, 2.24) is 14.5 Å². The van der Waals surface area contributed by atoms with E-state index in [9.17, 15) is 6.48 Å². The van der Waals surface area contributed by atoms with E-state index in [1.807, 2.05) is 86.6 Å². The van der Waals surface area contributed by atoms with E-state index in [1.165, 1.54) is 18.2 Å². The van der Waals surface area contributed by atoms with Crippen molar-refractivity contribution < 1.29 is 28.4 Å². The normalized spacial score (nSPS) is 17.1. The summed E-state index contributed by atoms with van der Waals surface area (Å²) in [6.45, 7) is 7.30. The number of phenolic OH excluding ortho intramolecular Hbond substituents is 1. The highest BCUT2D eigenvalue weighted by Gasteiger charge is 2.30. The maximum Gasteiger partial charge on any atom is 0.149 e. The minimum absolute atomic E-state index is 0.0762. The van der Waals surface area contributed by atoms with E-state index in [0.29, 0.717) is 50.1 Å². The number of aromatic hydroxyl groups is 1. The summed E-state index contributed by atoms with van der Waals surface area (Å²) in [7, 11) is 0. The first-order valence-electron chi connectivity index (χ1n) is 29.1. The highest BCUT2D eigenvalue weighted by Crippen LogP contribution is 2.46. The van der Waals surface area contributed by atoms with Crippen LogP contribution in [-0.2, 0) is 21.7 Å². The summed E-state index contributed by atoms with van der Waals surface area (Å²) >= 11 is 0. The summed E-state index contributed by atoms with van der Waals surface area (Å²) in [5, 5.41) is 12.6. The highest BCUT2D eigenvalue weighted by atomic mass is 16.3. The third-order valence-corrected chi connectivity index (χ3v) is 11.2. The number of hydrogen-bond donors (Lipinski definition) is 1. The predicted octanol–water partition coefficient (Wildman–Crippen LogP) is 15.7. The molecule has 0 radical (unpaired) electrons. The number of fused-ring (bicyclic) bond motifs is 1. The van der Waals surface area contributed by atoms with E-state index in [-0.39, 0.29) is 28.4 Å². The van der Waals surface area contributed by atoms with Crippen molar-refractivity contribution in [3.63, 3.8) is 0 Å². The Labute approximate surface area is 393 Å². The Hall–Kier alpha value is -6.26. The molecule has 6 aromatic carbocycles. The predicted molar refractivity (Wildman–Crippen MR) is 263 cm³/mol. The van der Waals surface area contributed by atoms with Crippen molar-refractivity contribution in [3.8, 4) is 67.5 Å².